The lowest BCUT2D eigenvalue weighted by Crippen LogP contribution is -2.29. The van der Waals surface area contributed by atoms with Gasteiger partial charge in [-0.3, -0.25) is 9.52 Å². The van der Waals surface area contributed by atoms with Gasteiger partial charge in [-0.2, -0.15) is 5.10 Å². The van der Waals surface area contributed by atoms with Gasteiger partial charge in [-0.15, -0.1) is 0 Å². The quantitative estimate of drug-likeness (QED) is 0.829. The van der Waals surface area contributed by atoms with E-state index in [4.69, 9.17) is 9.15 Å². The molecule has 0 radical (unpaired) electrons. The highest BCUT2D eigenvalue weighted by molar-refractivity contribution is 7.92. The number of nitrogens with zero attached hydrogens (tertiary/aromatic N) is 2. The first-order chi connectivity index (χ1) is 12.4. The second kappa shape index (κ2) is 7.30. The lowest BCUT2D eigenvalue weighted by atomic mass is 10.0. The molecule has 0 aliphatic carbocycles. The molecule has 138 valence electrons. The molecule has 3 rings (SSSR count). The molecule has 1 N–H and O–H groups in total. The summed E-state index contributed by atoms with van der Waals surface area (Å²) in [6.07, 6.45) is 3.13. The minimum Gasteiger partial charge on any atom is -0.467 e. The van der Waals surface area contributed by atoms with Crippen molar-refractivity contribution in [3.63, 3.8) is 0 Å². The van der Waals surface area contributed by atoms with Crippen molar-refractivity contribution in [2.45, 2.75) is 12.5 Å². The monoisotopic (exact) mass is 377 g/mol. The molecule has 2 aromatic rings. The zero-order valence-corrected chi connectivity index (χ0v) is 15.2. The van der Waals surface area contributed by atoms with Crippen molar-refractivity contribution in [1.82, 2.24) is 5.01 Å². The normalized spacial score (nSPS) is 17.2. The number of anilines is 1. The highest BCUT2D eigenvalue weighted by Gasteiger charge is 2.34. The van der Waals surface area contributed by atoms with E-state index in [9.17, 15) is 13.2 Å². The van der Waals surface area contributed by atoms with Gasteiger partial charge in [0.25, 0.3) is 5.91 Å². The Balaban J connectivity index is 1.85. The Kier molecular flexibility index (Phi) is 5.10. The molecule has 1 amide bonds. The van der Waals surface area contributed by atoms with Crippen LogP contribution in [0, 0.1) is 0 Å². The van der Waals surface area contributed by atoms with E-state index >= 15 is 0 Å². The first kappa shape index (κ1) is 18.2. The summed E-state index contributed by atoms with van der Waals surface area (Å²) in [5, 5.41) is 5.82. The van der Waals surface area contributed by atoms with E-state index in [1.54, 1.807) is 42.7 Å². The number of hydrogen-bond acceptors (Lipinski definition) is 6. The molecular weight excluding hydrogens is 358 g/mol. The fourth-order valence-corrected chi connectivity index (χ4v) is 3.32. The van der Waals surface area contributed by atoms with Crippen molar-refractivity contribution in [3.05, 3.63) is 54.0 Å². The molecule has 1 aliphatic heterocycles. The zero-order chi connectivity index (χ0) is 18.7. The maximum absolute atomic E-state index is 12.3. The fourth-order valence-electron chi connectivity index (χ4n) is 2.75. The molecule has 9 heteroatoms. The van der Waals surface area contributed by atoms with Crippen LogP contribution in [0.5, 0.6) is 0 Å². The summed E-state index contributed by atoms with van der Waals surface area (Å²) >= 11 is 0. The van der Waals surface area contributed by atoms with Gasteiger partial charge in [0.15, 0.2) is 0 Å². The van der Waals surface area contributed by atoms with Crippen molar-refractivity contribution in [1.29, 1.82) is 0 Å². The predicted molar refractivity (Wildman–Crippen MR) is 96.2 cm³/mol. The van der Waals surface area contributed by atoms with Gasteiger partial charge in [0.2, 0.25) is 10.0 Å². The average molecular weight is 377 g/mol. The van der Waals surface area contributed by atoms with Crippen LogP contribution >= 0.6 is 0 Å². The second-order valence-electron chi connectivity index (χ2n) is 5.90. The molecule has 0 fully saturated rings. The summed E-state index contributed by atoms with van der Waals surface area (Å²) in [6.45, 7) is -0.0782. The van der Waals surface area contributed by atoms with Crippen molar-refractivity contribution in [2.75, 3.05) is 24.7 Å². The topological polar surface area (TPSA) is 101 Å². The number of benzene rings is 1. The second-order valence-corrected chi connectivity index (χ2v) is 7.65. The highest BCUT2D eigenvalue weighted by Crippen LogP contribution is 2.33. The largest absolute Gasteiger partial charge is 0.467 e. The Bertz CT molecular complexity index is 904. The van der Waals surface area contributed by atoms with E-state index in [0.717, 1.165) is 11.8 Å². The Morgan fingerprint density at radius 2 is 2.08 bits per heavy atom. The molecule has 2 heterocycles. The predicted octanol–water partition coefficient (Wildman–Crippen LogP) is 1.98. The van der Waals surface area contributed by atoms with Gasteiger partial charge >= 0.3 is 0 Å². The molecule has 1 aromatic heterocycles. The van der Waals surface area contributed by atoms with Gasteiger partial charge in [0, 0.05) is 19.2 Å². The van der Waals surface area contributed by atoms with Crippen molar-refractivity contribution >= 4 is 27.3 Å². The van der Waals surface area contributed by atoms with Crippen LogP contribution in [-0.2, 0) is 19.6 Å². The Hall–Kier alpha value is -2.65. The Labute approximate surface area is 151 Å². The van der Waals surface area contributed by atoms with Gasteiger partial charge in [0.05, 0.1) is 18.2 Å². The lowest BCUT2D eigenvalue weighted by Gasteiger charge is -2.19. The molecule has 1 aromatic carbocycles. The molecule has 0 saturated heterocycles. The van der Waals surface area contributed by atoms with Crippen LogP contribution in [0.1, 0.15) is 23.8 Å². The van der Waals surface area contributed by atoms with Crippen molar-refractivity contribution in [3.8, 4) is 0 Å². The molecule has 0 saturated carbocycles. The van der Waals surface area contributed by atoms with Crippen LogP contribution in [0.2, 0.25) is 0 Å². The summed E-state index contributed by atoms with van der Waals surface area (Å²) in [7, 11) is -1.88. The van der Waals surface area contributed by atoms with E-state index in [1.165, 1.54) is 12.1 Å². The Morgan fingerprint density at radius 1 is 1.35 bits per heavy atom. The van der Waals surface area contributed by atoms with Crippen molar-refractivity contribution < 1.29 is 22.4 Å². The number of methoxy groups -OCH3 is 1. The SMILES string of the molecule is COCC(=O)N1N=C(c2ccc(NS(C)(=O)=O)cc2)CC1c1ccco1. The van der Waals surface area contributed by atoms with E-state index in [0.29, 0.717) is 23.6 Å². The first-order valence-corrected chi connectivity index (χ1v) is 9.76. The van der Waals surface area contributed by atoms with Gasteiger partial charge < -0.3 is 9.15 Å². The maximum Gasteiger partial charge on any atom is 0.269 e. The smallest absolute Gasteiger partial charge is 0.269 e. The number of amides is 1. The first-order valence-electron chi connectivity index (χ1n) is 7.87. The third-order valence-electron chi connectivity index (χ3n) is 3.83. The average Bonchev–Trinajstić information content (AvgIpc) is 3.23. The van der Waals surface area contributed by atoms with E-state index in [1.807, 2.05) is 0 Å². The molecule has 8 nitrogen and oxygen atoms in total. The number of carbonyl (C=O) groups is 1. The minimum absolute atomic E-state index is 0.0782. The summed E-state index contributed by atoms with van der Waals surface area (Å²) in [4.78, 5) is 12.3. The molecule has 0 bridgehead atoms. The van der Waals surface area contributed by atoms with Crippen LogP contribution in [0.3, 0.4) is 0 Å². The van der Waals surface area contributed by atoms with Crippen LogP contribution < -0.4 is 4.72 Å². The van der Waals surface area contributed by atoms with Crippen LogP contribution in [0.4, 0.5) is 5.69 Å². The lowest BCUT2D eigenvalue weighted by molar-refractivity contribution is -0.137. The number of hydrogen-bond donors (Lipinski definition) is 1. The third-order valence-corrected chi connectivity index (χ3v) is 4.43. The number of hydrazone groups is 1. The standard InChI is InChI=1S/C17H19N3O5S/c1-24-11-17(21)20-15(16-4-3-9-25-16)10-14(18-20)12-5-7-13(8-6-12)19-26(2,22)23/h3-9,15,19H,10-11H2,1-2H3. The molecule has 1 unspecified atom stereocenters. The molecule has 26 heavy (non-hydrogen) atoms. The molecule has 1 aliphatic rings. The van der Waals surface area contributed by atoms with Gasteiger partial charge in [-0.05, 0) is 29.8 Å². The number of ether oxygens (including phenoxy) is 1. The van der Waals surface area contributed by atoms with Crippen LogP contribution in [-0.4, -0.2) is 45.0 Å². The van der Waals surface area contributed by atoms with Crippen LogP contribution in [0.25, 0.3) is 0 Å². The number of nitrogens with one attached hydrogen (secondary N) is 1. The van der Waals surface area contributed by atoms with Crippen molar-refractivity contribution in [2.24, 2.45) is 5.10 Å². The van der Waals surface area contributed by atoms with Gasteiger partial charge in [-0.1, -0.05) is 12.1 Å². The van der Waals surface area contributed by atoms with Crippen LogP contribution in [0.15, 0.2) is 52.2 Å². The van der Waals surface area contributed by atoms with E-state index < -0.39 is 10.0 Å². The van der Waals surface area contributed by atoms with Gasteiger partial charge in [0.1, 0.15) is 18.4 Å². The summed E-state index contributed by atoms with van der Waals surface area (Å²) in [5.74, 6) is 0.378. The third kappa shape index (κ3) is 4.12. The van der Waals surface area contributed by atoms with Gasteiger partial charge in [-0.25, -0.2) is 13.4 Å². The number of furan rings is 1. The summed E-state index contributed by atoms with van der Waals surface area (Å²) in [5.41, 5.74) is 1.97. The highest BCUT2D eigenvalue weighted by atomic mass is 32.2. The number of sulfonamides is 1. The summed E-state index contributed by atoms with van der Waals surface area (Å²) < 4.78 is 35.4. The maximum atomic E-state index is 12.3. The number of carbonyl (C=O) groups excluding carboxylic acids is 1. The Morgan fingerprint density at radius 3 is 2.65 bits per heavy atom. The minimum atomic E-state index is -3.33. The molecule has 0 spiro atoms. The van der Waals surface area contributed by atoms with E-state index in [2.05, 4.69) is 9.82 Å². The number of rotatable bonds is 6. The summed E-state index contributed by atoms with van der Waals surface area (Å²) in [6, 6.07) is 10.1. The fraction of sp³-hybridized carbons (Fsp3) is 0.294. The zero-order valence-electron chi connectivity index (χ0n) is 14.4. The molecule has 1 atom stereocenters. The molecular formula is C17H19N3O5S. The van der Waals surface area contributed by atoms with E-state index in [-0.39, 0.29) is 18.6 Å².